The summed E-state index contributed by atoms with van der Waals surface area (Å²) in [5.74, 6) is 0. The molecule has 0 N–H and O–H groups in total. The van der Waals surface area contributed by atoms with Crippen molar-refractivity contribution in [2.75, 3.05) is 0 Å². The highest BCUT2D eigenvalue weighted by Gasteiger charge is 2.19. The molecule has 0 atom stereocenters. The summed E-state index contributed by atoms with van der Waals surface area (Å²) >= 11 is 1.86. The zero-order chi connectivity index (χ0) is 33.5. The van der Waals surface area contributed by atoms with E-state index in [1.807, 2.05) is 11.3 Å². The minimum absolute atomic E-state index is 0.891. The summed E-state index contributed by atoms with van der Waals surface area (Å²) in [5.41, 5.74) is 12.4. The largest absolute Gasteiger partial charge is 0.454 e. The molecule has 0 aliphatic heterocycles. The van der Waals surface area contributed by atoms with Gasteiger partial charge in [0.2, 0.25) is 0 Å². The van der Waals surface area contributed by atoms with E-state index in [4.69, 9.17) is 4.42 Å². The molecule has 0 aliphatic rings. The standard InChI is InChI=1S/C48H29NOS/c1-3-10-30(11-4-1)32-19-23-42-39(26-32)40-27-33(31-12-5-2-6-13-31)20-24-43(40)49(42)44-16-9-15-38-41-28-34(21-25-45(41)50-48(38)44)35-18-22-37-36-14-7-8-17-46(36)51-47(37)29-35/h1-29H. The molecule has 3 heteroatoms. The third-order valence-corrected chi connectivity index (χ3v) is 11.5. The van der Waals surface area contributed by atoms with Gasteiger partial charge in [0.15, 0.2) is 5.58 Å². The van der Waals surface area contributed by atoms with Crippen molar-refractivity contribution in [1.29, 1.82) is 0 Å². The molecule has 0 spiro atoms. The van der Waals surface area contributed by atoms with E-state index in [-0.39, 0.29) is 0 Å². The van der Waals surface area contributed by atoms with E-state index >= 15 is 0 Å². The first kappa shape index (κ1) is 28.4. The number of fused-ring (bicyclic) bond motifs is 9. The van der Waals surface area contributed by atoms with Gasteiger partial charge in [0.05, 0.1) is 16.7 Å². The highest BCUT2D eigenvalue weighted by molar-refractivity contribution is 7.25. The van der Waals surface area contributed by atoms with Gasteiger partial charge in [0.25, 0.3) is 0 Å². The van der Waals surface area contributed by atoms with Gasteiger partial charge in [-0.3, -0.25) is 0 Å². The molecule has 0 saturated carbocycles. The third-order valence-electron chi connectivity index (χ3n) is 10.4. The Labute approximate surface area is 298 Å². The maximum absolute atomic E-state index is 6.77. The molecule has 11 aromatic rings. The lowest BCUT2D eigenvalue weighted by Crippen LogP contribution is -1.94. The quantitative estimate of drug-likeness (QED) is 0.183. The number of para-hydroxylation sites is 1. The smallest absolute Gasteiger partial charge is 0.159 e. The van der Waals surface area contributed by atoms with E-state index < -0.39 is 0 Å². The minimum Gasteiger partial charge on any atom is -0.454 e. The molecule has 0 unspecified atom stereocenters. The molecule has 3 aromatic heterocycles. The fraction of sp³-hybridized carbons (Fsp3) is 0. The van der Waals surface area contributed by atoms with Crippen molar-refractivity contribution in [1.82, 2.24) is 4.57 Å². The summed E-state index contributed by atoms with van der Waals surface area (Å²) in [6, 6.07) is 63.7. The van der Waals surface area contributed by atoms with Gasteiger partial charge in [-0.25, -0.2) is 0 Å². The predicted octanol–water partition coefficient (Wildman–Crippen LogP) is 14.1. The van der Waals surface area contributed by atoms with E-state index in [9.17, 15) is 0 Å². The van der Waals surface area contributed by atoms with Crippen LogP contribution in [0.25, 0.3) is 103 Å². The fourth-order valence-corrected chi connectivity index (χ4v) is 9.09. The lowest BCUT2D eigenvalue weighted by Gasteiger charge is -2.09. The molecule has 0 bridgehead atoms. The van der Waals surface area contributed by atoms with E-state index in [0.717, 1.165) is 38.7 Å². The monoisotopic (exact) mass is 667 g/mol. The average molecular weight is 668 g/mol. The molecular formula is C48H29NOS. The van der Waals surface area contributed by atoms with Crippen LogP contribution in [0.1, 0.15) is 0 Å². The summed E-state index contributed by atoms with van der Waals surface area (Å²) in [5, 5.41) is 7.32. The molecule has 0 amide bonds. The van der Waals surface area contributed by atoms with Crippen LogP contribution < -0.4 is 0 Å². The van der Waals surface area contributed by atoms with E-state index in [1.165, 1.54) is 64.3 Å². The third kappa shape index (κ3) is 4.42. The topological polar surface area (TPSA) is 18.1 Å². The number of rotatable bonds is 4. The SMILES string of the molecule is c1ccc(-c2ccc3c(c2)c2cc(-c4ccccc4)ccc2n3-c2cccc3c2oc2ccc(-c4ccc5c(c4)sc4ccccc45)cc23)cc1. The van der Waals surface area contributed by atoms with Crippen LogP contribution in [-0.4, -0.2) is 4.57 Å². The van der Waals surface area contributed by atoms with Gasteiger partial charge in [-0.05, 0) is 88.0 Å². The Bertz CT molecular complexity index is 3030. The second-order valence-corrected chi connectivity index (χ2v) is 14.4. The Kier molecular flexibility index (Phi) is 6.16. The van der Waals surface area contributed by atoms with E-state index in [2.05, 4.69) is 180 Å². The molecule has 0 aliphatic carbocycles. The summed E-state index contributed by atoms with van der Waals surface area (Å²) in [7, 11) is 0. The van der Waals surface area contributed by atoms with Crippen LogP contribution in [0.2, 0.25) is 0 Å². The normalized spacial score (nSPS) is 11.9. The number of hydrogen-bond donors (Lipinski definition) is 0. The van der Waals surface area contributed by atoms with Gasteiger partial charge in [0.1, 0.15) is 5.58 Å². The molecule has 11 rings (SSSR count). The van der Waals surface area contributed by atoms with Crippen molar-refractivity contribution < 1.29 is 4.42 Å². The molecule has 51 heavy (non-hydrogen) atoms. The van der Waals surface area contributed by atoms with Gasteiger partial charge in [-0.1, -0.05) is 121 Å². The molecule has 2 nitrogen and oxygen atoms in total. The van der Waals surface area contributed by atoms with Gasteiger partial charge < -0.3 is 8.98 Å². The van der Waals surface area contributed by atoms with Crippen molar-refractivity contribution in [2.24, 2.45) is 0 Å². The summed E-state index contributed by atoms with van der Waals surface area (Å²) in [6.45, 7) is 0. The Hall–Kier alpha value is -6.42. The Balaban J connectivity index is 1.11. The number of furan rings is 1. The van der Waals surface area contributed by atoms with E-state index in [1.54, 1.807) is 0 Å². The van der Waals surface area contributed by atoms with Gasteiger partial charge in [-0.15, -0.1) is 11.3 Å². The second kappa shape index (κ2) is 11.0. The van der Waals surface area contributed by atoms with Crippen LogP contribution in [0.15, 0.2) is 180 Å². The van der Waals surface area contributed by atoms with Gasteiger partial charge in [0, 0.05) is 41.7 Å². The van der Waals surface area contributed by atoms with Crippen LogP contribution in [0.4, 0.5) is 0 Å². The van der Waals surface area contributed by atoms with Crippen LogP contribution in [0.3, 0.4) is 0 Å². The van der Waals surface area contributed by atoms with Crippen molar-refractivity contribution in [3.05, 3.63) is 176 Å². The molecular weight excluding hydrogens is 639 g/mol. The molecule has 0 saturated heterocycles. The Morgan fingerprint density at radius 1 is 0.353 bits per heavy atom. The first-order valence-corrected chi connectivity index (χ1v) is 18.1. The lowest BCUT2D eigenvalue weighted by atomic mass is 10.0. The lowest BCUT2D eigenvalue weighted by molar-refractivity contribution is 0.666. The number of aromatic nitrogens is 1. The van der Waals surface area contributed by atoms with Crippen LogP contribution in [0.5, 0.6) is 0 Å². The molecule has 0 fully saturated rings. The second-order valence-electron chi connectivity index (χ2n) is 13.3. The van der Waals surface area contributed by atoms with Crippen molar-refractivity contribution in [2.45, 2.75) is 0 Å². The first-order chi connectivity index (χ1) is 25.3. The van der Waals surface area contributed by atoms with Crippen LogP contribution >= 0.6 is 11.3 Å². The van der Waals surface area contributed by atoms with Crippen LogP contribution in [0, 0.1) is 0 Å². The molecule has 8 aromatic carbocycles. The summed E-state index contributed by atoms with van der Waals surface area (Å²) in [4.78, 5) is 0. The van der Waals surface area contributed by atoms with E-state index in [0.29, 0.717) is 0 Å². The number of thiophene rings is 1. The van der Waals surface area contributed by atoms with Crippen LogP contribution in [-0.2, 0) is 0 Å². The molecule has 238 valence electrons. The number of hydrogen-bond acceptors (Lipinski definition) is 2. The highest BCUT2D eigenvalue weighted by atomic mass is 32.1. The average Bonchev–Trinajstić information content (AvgIpc) is 3.87. The zero-order valence-corrected chi connectivity index (χ0v) is 28.3. The zero-order valence-electron chi connectivity index (χ0n) is 27.5. The Morgan fingerprint density at radius 3 is 1.63 bits per heavy atom. The van der Waals surface area contributed by atoms with Crippen molar-refractivity contribution in [3.8, 4) is 39.1 Å². The molecule has 3 heterocycles. The minimum atomic E-state index is 0.891. The first-order valence-electron chi connectivity index (χ1n) is 17.3. The maximum atomic E-state index is 6.77. The number of nitrogens with zero attached hydrogens (tertiary/aromatic N) is 1. The Morgan fingerprint density at radius 2 is 0.902 bits per heavy atom. The number of benzene rings is 8. The maximum Gasteiger partial charge on any atom is 0.159 e. The highest BCUT2D eigenvalue weighted by Crippen LogP contribution is 2.42. The summed E-state index contributed by atoms with van der Waals surface area (Å²) < 4.78 is 11.8. The van der Waals surface area contributed by atoms with Crippen molar-refractivity contribution >= 4 is 75.3 Å². The fourth-order valence-electron chi connectivity index (χ4n) is 7.95. The van der Waals surface area contributed by atoms with Crippen molar-refractivity contribution in [3.63, 3.8) is 0 Å². The predicted molar refractivity (Wildman–Crippen MR) is 217 cm³/mol. The molecule has 0 radical (unpaired) electrons. The summed E-state index contributed by atoms with van der Waals surface area (Å²) in [6.07, 6.45) is 0. The van der Waals surface area contributed by atoms with Gasteiger partial charge >= 0.3 is 0 Å². The van der Waals surface area contributed by atoms with Gasteiger partial charge in [-0.2, -0.15) is 0 Å².